The summed E-state index contributed by atoms with van der Waals surface area (Å²) in [6, 6.07) is 22.1. The van der Waals surface area contributed by atoms with Gasteiger partial charge in [0, 0.05) is 37.0 Å². The molecule has 3 aromatic rings. The van der Waals surface area contributed by atoms with Gasteiger partial charge in [0.15, 0.2) is 0 Å². The van der Waals surface area contributed by atoms with Gasteiger partial charge in [0.1, 0.15) is 6.04 Å². The number of amides is 2. The summed E-state index contributed by atoms with van der Waals surface area (Å²) in [4.78, 5) is 29.7. The van der Waals surface area contributed by atoms with Gasteiger partial charge in [-0.1, -0.05) is 85.5 Å². The normalized spacial score (nSPS) is 14.5. The number of aryl methyl sites for hydroxylation is 2. The van der Waals surface area contributed by atoms with Crippen LogP contribution in [0.1, 0.15) is 67.2 Å². The van der Waals surface area contributed by atoms with E-state index in [9.17, 15) is 18.0 Å². The molecule has 1 aliphatic carbocycles. The van der Waals surface area contributed by atoms with E-state index in [4.69, 9.17) is 11.6 Å². The maximum absolute atomic E-state index is 14.1. The Morgan fingerprint density at radius 2 is 1.64 bits per heavy atom. The fraction of sp³-hybridized carbons (Fsp3) is 0.429. The Kier molecular flexibility index (Phi) is 11.9. The number of hydrogen-bond acceptors (Lipinski definition) is 4. The maximum atomic E-state index is 14.1. The number of benzene rings is 3. The van der Waals surface area contributed by atoms with Crippen molar-refractivity contribution in [2.75, 3.05) is 17.1 Å². The van der Waals surface area contributed by atoms with Crippen molar-refractivity contribution in [2.45, 2.75) is 83.8 Å². The minimum absolute atomic E-state index is 0.0828. The first kappa shape index (κ1) is 33.5. The zero-order valence-corrected chi connectivity index (χ0v) is 27.5. The molecule has 4 rings (SSSR count). The van der Waals surface area contributed by atoms with Crippen molar-refractivity contribution in [3.05, 3.63) is 100 Å². The van der Waals surface area contributed by atoms with Gasteiger partial charge in [0.25, 0.3) is 0 Å². The molecule has 1 unspecified atom stereocenters. The molecule has 0 bridgehead atoms. The summed E-state index contributed by atoms with van der Waals surface area (Å²) in [5.41, 5.74) is 4.19. The Hall–Kier alpha value is -3.36. The molecule has 0 radical (unpaired) electrons. The molecule has 7 nitrogen and oxygen atoms in total. The van der Waals surface area contributed by atoms with Gasteiger partial charge >= 0.3 is 0 Å². The van der Waals surface area contributed by atoms with E-state index in [0.717, 1.165) is 47.9 Å². The van der Waals surface area contributed by atoms with E-state index in [1.54, 1.807) is 11.0 Å². The third-order valence-electron chi connectivity index (χ3n) is 8.25. The molecule has 0 spiro atoms. The van der Waals surface area contributed by atoms with E-state index in [-0.39, 0.29) is 37.4 Å². The third kappa shape index (κ3) is 9.57. The number of sulfonamides is 1. The van der Waals surface area contributed by atoms with Gasteiger partial charge in [-0.15, -0.1) is 0 Å². The smallest absolute Gasteiger partial charge is 0.243 e. The molecule has 1 N–H and O–H groups in total. The Morgan fingerprint density at radius 3 is 2.32 bits per heavy atom. The summed E-state index contributed by atoms with van der Waals surface area (Å²) >= 11 is 6.31. The molecule has 0 saturated heterocycles. The van der Waals surface area contributed by atoms with Crippen LogP contribution < -0.4 is 9.62 Å². The quantitative estimate of drug-likeness (QED) is 0.229. The summed E-state index contributed by atoms with van der Waals surface area (Å²) in [6.07, 6.45) is 7.14. The Balaban J connectivity index is 1.60. The van der Waals surface area contributed by atoms with Crippen LogP contribution in [0.5, 0.6) is 0 Å². The van der Waals surface area contributed by atoms with Crippen molar-refractivity contribution in [3.63, 3.8) is 0 Å². The van der Waals surface area contributed by atoms with Crippen molar-refractivity contribution >= 4 is 39.1 Å². The number of hydrogen-bond donors (Lipinski definition) is 1. The molecule has 2 amide bonds. The SMILES string of the molecule is Cc1ccc(C)c(N(CCCC(=O)N(Cc2cccc(Cl)c2)C(Cc2ccccc2)C(=O)NC2CCCCC2)S(C)(=O)=O)c1. The molecule has 236 valence electrons. The molecular weight excluding hydrogens is 594 g/mol. The minimum atomic E-state index is -3.59. The Morgan fingerprint density at radius 1 is 0.932 bits per heavy atom. The first-order chi connectivity index (χ1) is 21.0. The molecule has 1 fully saturated rings. The summed E-state index contributed by atoms with van der Waals surface area (Å²) < 4.78 is 27.0. The van der Waals surface area contributed by atoms with Gasteiger partial charge in [-0.25, -0.2) is 8.42 Å². The van der Waals surface area contributed by atoms with Crippen LogP contribution in [0.25, 0.3) is 0 Å². The Labute approximate surface area is 267 Å². The Bertz CT molecular complexity index is 1520. The highest BCUT2D eigenvalue weighted by Gasteiger charge is 2.32. The first-order valence-electron chi connectivity index (χ1n) is 15.4. The van der Waals surface area contributed by atoms with E-state index in [2.05, 4.69) is 5.32 Å². The number of halogens is 1. The fourth-order valence-electron chi connectivity index (χ4n) is 5.90. The average Bonchev–Trinajstić information content (AvgIpc) is 2.99. The van der Waals surface area contributed by atoms with Crippen LogP contribution in [0, 0.1) is 13.8 Å². The van der Waals surface area contributed by atoms with Crippen molar-refractivity contribution in [3.8, 4) is 0 Å². The van der Waals surface area contributed by atoms with Crippen molar-refractivity contribution in [1.29, 1.82) is 0 Å². The number of nitrogens with zero attached hydrogens (tertiary/aromatic N) is 2. The molecule has 9 heteroatoms. The zero-order chi connectivity index (χ0) is 31.7. The molecular formula is C35H44ClN3O4S. The lowest BCUT2D eigenvalue weighted by molar-refractivity contribution is -0.141. The molecule has 44 heavy (non-hydrogen) atoms. The maximum Gasteiger partial charge on any atom is 0.243 e. The van der Waals surface area contributed by atoms with Crippen molar-refractivity contribution in [2.24, 2.45) is 0 Å². The van der Waals surface area contributed by atoms with E-state index < -0.39 is 16.1 Å². The molecule has 0 aromatic heterocycles. The molecule has 0 heterocycles. The second-order valence-corrected chi connectivity index (χ2v) is 14.3. The number of anilines is 1. The zero-order valence-electron chi connectivity index (χ0n) is 26.0. The van der Waals surface area contributed by atoms with Crippen LogP contribution in [0.2, 0.25) is 5.02 Å². The van der Waals surface area contributed by atoms with Gasteiger partial charge in [-0.3, -0.25) is 13.9 Å². The largest absolute Gasteiger partial charge is 0.352 e. The summed E-state index contributed by atoms with van der Waals surface area (Å²) in [7, 11) is -3.59. The number of carbonyl (C=O) groups is 2. The number of nitrogens with one attached hydrogen (secondary N) is 1. The molecule has 1 saturated carbocycles. The van der Waals surface area contributed by atoms with Crippen molar-refractivity contribution in [1.82, 2.24) is 10.2 Å². The standard InChI is InChI=1S/C35H44ClN3O4S/c1-26-19-20-27(2)32(22-26)39(44(3,42)43)21-11-18-34(40)38(25-29-14-10-15-30(36)23-29)33(24-28-12-6-4-7-13-28)35(41)37-31-16-8-5-9-17-31/h4,6-7,10,12-15,19-20,22-23,31,33H,5,8-9,11,16-18,21,24-25H2,1-3H3,(H,37,41). The van der Waals surface area contributed by atoms with Crippen LogP contribution in [-0.2, 0) is 32.6 Å². The highest BCUT2D eigenvalue weighted by Crippen LogP contribution is 2.25. The number of rotatable bonds is 13. The summed E-state index contributed by atoms with van der Waals surface area (Å²) in [5.74, 6) is -0.372. The first-order valence-corrected chi connectivity index (χ1v) is 17.7. The van der Waals surface area contributed by atoms with E-state index in [1.165, 1.54) is 17.0 Å². The third-order valence-corrected chi connectivity index (χ3v) is 9.67. The summed E-state index contributed by atoms with van der Waals surface area (Å²) in [5, 5.41) is 3.81. The van der Waals surface area contributed by atoms with Crippen LogP contribution >= 0.6 is 11.6 Å². The minimum Gasteiger partial charge on any atom is -0.352 e. The van der Waals surface area contributed by atoms with E-state index in [0.29, 0.717) is 23.6 Å². The molecule has 1 aliphatic rings. The van der Waals surface area contributed by atoms with Gasteiger partial charge < -0.3 is 10.2 Å². The lowest BCUT2D eigenvalue weighted by atomic mass is 9.94. The number of carbonyl (C=O) groups excluding carboxylic acids is 2. The monoisotopic (exact) mass is 637 g/mol. The van der Waals surface area contributed by atoms with Gasteiger partial charge in [-0.2, -0.15) is 0 Å². The lowest BCUT2D eigenvalue weighted by Gasteiger charge is -2.34. The van der Waals surface area contributed by atoms with Gasteiger partial charge in [-0.05, 0) is 73.6 Å². The van der Waals surface area contributed by atoms with E-state index in [1.807, 2.05) is 80.6 Å². The predicted molar refractivity (Wildman–Crippen MR) is 178 cm³/mol. The lowest BCUT2D eigenvalue weighted by Crippen LogP contribution is -2.52. The average molecular weight is 638 g/mol. The molecule has 3 aromatic carbocycles. The van der Waals surface area contributed by atoms with Gasteiger partial charge in [0.2, 0.25) is 21.8 Å². The second-order valence-electron chi connectivity index (χ2n) is 11.9. The highest BCUT2D eigenvalue weighted by atomic mass is 35.5. The van der Waals surface area contributed by atoms with Crippen LogP contribution in [0.3, 0.4) is 0 Å². The van der Waals surface area contributed by atoms with Crippen LogP contribution in [0.4, 0.5) is 5.69 Å². The van der Waals surface area contributed by atoms with Crippen LogP contribution in [-0.4, -0.2) is 50.0 Å². The topological polar surface area (TPSA) is 86.8 Å². The fourth-order valence-corrected chi connectivity index (χ4v) is 7.13. The highest BCUT2D eigenvalue weighted by molar-refractivity contribution is 7.92. The molecule has 1 atom stereocenters. The molecule has 0 aliphatic heterocycles. The van der Waals surface area contributed by atoms with Gasteiger partial charge in [0.05, 0.1) is 11.9 Å². The summed E-state index contributed by atoms with van der Waals surface area (Å²) in [6.45, 7) is 4.16. The predicted octanol–water partition coefficient (Wildman–Crippen LogP) is 6.59. The van der Waals surface area contributed by atoms with E-state index >= 15 is 0 Å². The van der Waals surface area contributed by atoms with Crippen molar-refractivity contribution < 1.29 is 18.0 Å². The van der Waals surface area contributed by atoms with Crippen LogP contribution in [0.15, 0.2) is 72.8 Å². The second kappa shape index (κ2) is 15.6.